The van der Waals surface area contributed by atoms with Crippen molar-refractivity contribution in [3.05, 3.63) is 91.6 Å². The number of nitrogens with zero attached hydrogens (tertiary/aromatic N) is 8. The summed E-state index contributed by atoms with van der Waals surface area (Å²) in [5, 5.41) is 92.5. The number of unbranched alkanes of at least 4 members (excludes halogenated alkanes) is 3. The molecule has 97 heavy (non-hydrogen) atoms. The largest absolute Gasteiger partial charge is 0.480 e. The van der Waals surface area contributed by atoms with E-state index in [1.54, 1.807) is 0 Å². The Morgan fingerprint density at radius 2 is 1.03 bits per heavy atom. The smallest absolute Gasteiger partial charge is 0.451 e. The van der Waals surface area contributed by atoms with Gasteiger partial charge in [-0.3, -0.25) is 24.1 Å². The molecule has 5 atom stereocenters. The van der Waals surface area contributed by atoms with Gasteiger partial charge in [-0.2, -0.15) is 0 Å². The van der Waals surface area contributed by atoms with E-state index in [2.05, 4.69) is 47.3 Å². The first kappa shape index (κ1) is 87.8. The maximum Gasteiger partial charge on any atom is 0.451 e. The molecule has 0 saturated carbocycles. The normalized spacial score (nSPS) is 16.8. The zero-order valence-corrected chi connectivity index (χ0v) is 57.0. The lowest BCUT2D eigenvalue weighted by molar-refractivity contribution is -0.154. The molecule has 16 N–H and O–H groups in total. The van der Waals surface area contributed by atoms with E-state index in [-0.39, 0.29) is 69.4 Å². The summed E-state index contributed by atoms with van der Waals surface area (Å²) in [6.45, 7) is 9.41. The average Bonchev–Trinajstić information content (AvgIpc) is 0.867. The number of piperidine rings is 2. The van der Waals surface area contributed by atoms with Crippen LogP contribution in [-0.4, -0.2) is 254 Å². The third-order valence-electron chi connectivity index (χ3n) is 16.8. The van der Waals surface area contributed by atoms with E-state index in [0.29, 0.717) is 161 Å². The predicted octanol–water partition coefficient (Wildman–Crippen LogP) is 4.24. The van der Waals surface area contributed by atoms with E-state index in [4.69, 9.17) is 98.4 Å². The number of rotatable bonds is 52. The number of esters is 1. The number of hydrogen-bond donors (Lipinski definition) is 13. The van der Waals surface area contributed by atoms with E-state index in [1.807, 2.05) is 42.5 Å². The van der Waals surface area contributed by atoms with Crippen molar-refractivity contribution in [1.29, 1.82) is 0 Å². The van der Waals surface area contributed by atoms with Gasteiger partial charge < -0.3 is 101 Å². The third kappa shape index (κ3) is 41.8. The second-order valence-electron chi connectivity index (χ2n) is 24.4. The molecule has 2 saturated heterocycles. The molecule has 2 aromatic rings. The molecule has 5 unspecified atom stereocenters. The highest BCUT2D eigenvalue weighted by molar-refractivity contribution is 6.41. The van der Waals surface area contributed by atoms with Crippen molar-refractivity contribution in [2.75, 3.05) is 125 Å². The molecule has 2 heterocycles. The zero-order chi connectivity index (χ0) is 71.6. The molecule has 0 spiro atoms. The van der Waals surface area contributed by atoms with E-state index >= 15 is 0 Å². The summed E-state index contributed by atoms with van der Waals surface area (Å²) in [4.78, 5) is 57.3. The van der Waals surface area contributed by atoms with Crippen LogP contribution in [0.4, 0.5) is 0 Å². The first-order chi connectivity index (χ1) is 46.4. The second-order valence-corrected chi connectivity index (χ2v) is 24.9. The number of nitrogens with one attached hydrogen (secondary N) is 1. The first-order valence-electron chi connectivity index (χ1n) is 33.7. The fourth-order valence-corrected chi connectivity index (χ4v) is 11.0. The maximum atomic E-state index is 12.7. The van der Waals surface area contributed by atoms with Gasteiger partial charge in [-0.1, -0.05) is 103 Å². The predicted molar refractivity (Wildman–Crippen MR) is 368 cm³/mol. The van der Waals surface area contributed by atoms with Crippen LogP contribution < -0.4 is 22.5 Å². The highest BCUT2D eigenvalue weighted by Crippen LogP contribution is 2.32. The van der Waals surface area contributed by atoms with Gasteiger partial charge in [0, 0.05) is 60.0 Å². The molecule has 0 amide bonds. The number of benzene rings is 2. The molecular weight excluding hydrogens is 1280 g/mol. The van der Waals surface area contributed by atoms with Gasteiger partial charge in [0.1, 0.15) is 22.7 Å². The van der Waals surface area contributed by atoms with Gasteiger partial charge in [0.25, 0.3) is 0 Å². The summed E-state index contributed by atoms with van der Waals surface area (Å²) < 4.78 is 33.2. The number of halogens is 1. The van der Waals surface area contributed by atoms with E-state index < -0.39 is 62.0 Å². The quantitative estimate of drug-likeness (QED) is 0.0110. The molecule has 0 aliphatic carbocycles. The van der Waals surface area contributed by atoms with Gasteiger partial charge >= 0.3 is 45.2 Å². The average molecular weight is 1390 g/mol. The van der Waals surface area contributed by atoms with Crippen molar-refractivity contribution < 1.29 is 93.1 Å². The van der Waals surface area contributed by atoms with Crippen LogP contribution in [0.1, 0.15) is 126 Å². The summed E-state index contributed by atoms with van der Waals surface area (Å²) in [6, 6.07) is 17.6. The van der Waals surface area contributed by atoms with Crippen LogP contribution in [0.25, 0.3) is 20.9 Å². The molecule has 35 heteroatoms. The van der Waals surface area contributed by atoms with Crippen molar-refractivity contribution >= 4 is 56.8 Å². The summed E-state index contributed by atoms with van der Waals surface area (Å²) in [5.41, 5.74) is 33.0. The topological polar surface area (TPSA) is 500 Å². The minimum atomic E-state index is -1.41. The van der Waals surface area contributed by atoms with Crippen molar-refractivity contribution in [3.8, 4) is 0 Å². The number of hydrogen-bond acceptors (Lipinski definition) is 24. The Morgan fingerprint density at radius 1 is 0.567 bits per heavy atom. The number of ether oxygens (including phenoxy) is 6. The molecule has 546 valence electrons. The lowest BCUT2D eigenvalue weighted by atomic mass is 9.81. The molecule has 0 aromatic heterocycles. The van der Waals surface area contributed by atoms with Crippen LogP contribution in [0, 0.1) is 0 Å². The van der Waals surface area contributed by atoms with E-state index in [9.17, 15) is 34.5 Å². The number of aliphatic carboxylic acids is 3. The Balaban J connectivity index is 0.000000518. The van der Waals surface area contributed by atoms with Crippen molar-refractivity contribution in [1.82, 2.24) is 15.1 Å². The fraction of sp³-hybridized carbons (Fsp3) is 0.742. The number of carboxylic acid groups (broad SMARTS) is 3. The third-order valence-corrected chi connectivity index (χ3v) is 17.0. The first-order valence-corrected chi connectivity index (χ1v) is 34.1. The Bertz CT molecular complexity index is 2540. The number of nitrogens with two attached hydrogens (primary N) is 3. The highest BCUT2D eigenvalue weighted by Gasteiger charge is 2.38. The minimum absolute atomic E-state index is 0.0117. The Kier molecular flexibility index (Phi) is 47.7. The van der Waals surface area contributed by atoms with Gasteiger partial charge in [-0.25, -0.2) is 0 Å². The van der Waals surface area contributed by atoms with Crippen LogP contribution in [0.15, 0.2) is 64.8 Å². The molecule has 4 rings (SSSR count). The summed E-state index contributed by atoms with van der Waals surface area (Å²) >= 11 is 6.08. The van der Waals surface area contributed by atoms with E-state index in [1.165, 1.54) is 5.56 Å². The monoisotopic (exact) mass is 1390 g/mol. The van der Waals surface area contributed by atoms with Crippen LogP contribution in [0.5, 0.6) is 0 Å². The number of likely N-dealkylation sites (tertiary alicyclic amines) is 2. The SMILES string of the molecule is NC(CCCCB(O)O)(CCNCCc1ccccc1)C(=O)O.[N-]=[N+]=NCCOCCOCCC(=O)OC1CN(CCCC(N)(CCCCB(O)O)C(=O)O)CCC1c1ccc(Cl)cc1.[N-]=[N+]=NCCOCCOCCOC1CCN(CCC(N)(CCCCB(O)O)C(=O)O)CC1. The highest BCUT2D eigenvalue weighted by atomic mass is 35.5. The Labute approximate surface area is 576 Å². The molecule has 2 aromatic carbocycles. The number of carbonyl (C=O) groups excluding carboxylic acids is 1. The molecule has 0 radical (unpaired) electrons. The fourth-order valence-electron chi connectivity index (χ4n) is 10.9. The molecule has 2 aliphatic rings. The van der Waals surface area contributed by atoms with Crippen molar-refractivity contribution in [3.63, 3.8) is 0 Å². The van der Waals surface area contributed by atoms with E-state index in [0.717, 1.165) is 57.4 Å². The zero-order valence-electron chi connectivity index (χ0n) is 56.2. The second kappa shape index (κ2) is 52.7. The van der Waals surface area contributed by atoms with Crippen molar-refractivity contribution in [2.45, 2.75) is 169 Å². The molecule has 31 nitrogen and oxygen atoms in total. The van der Waals surface area contributed by atoms with Crippen LogP contribution in [0.2, 0.25) is 24.0 Å². The summed E-state index contributed by atoms with van der Waals surface area (Å²) in [5.74, 6) is -3.47. The number of carbonyl (C=O) groups is 4. The van der Waals surface area contributed by atoms with Crippen LogP contribution >= 0.6 is 11.6 Å². The standard InChI is InChI=1S/C27H43BClN5O8.C19H38BN5O7.C16H27BN2O4/c29-22-6-4-21(5-7-22)23-8-15-34(14-3-11-27(30,26(36)37)10-1-2-12-28(38)39)20-24(23)42-25(35)9-16-40-18-19-41-17-13-32-33-31;21-19(18(26)27,5-1-2-7-20(28)29)6-11-25-9-3-17(4-10-25)32-16-15-31-14-13-30-12-8-23-24-22;18-16(15(20)21,9-4-5-11-17(22)23)10-13-19-12-8-14-6-2-1-3-7-14/h4-7,23-24,38-39H,1-3,8-20,30H2,(H,36,37);17,28-29H,1-16,21H2,(H,26,27);1-3,6-7,19,22-23H,4-5,8-13,18H2,(H,20,21). The van der Waals surface area contributed by atoms with Gasteiger partial charge in [0.2, 0.25) is 0 Å². The molecule has 2 aliphatic heterocycles. The van der Waals surface area contributed by atoms with Crippen LogP contribution in [0.3, 0.4) is 0 Å². The number of carboxylic acids is 3. The van der Waals surface area contributed by atoms with Gasteiger partial charge in [-0.15, -0.1) is 0 Å². The number of azide groups is 2. The van der Waals surface area contributed by atoms with Gasteiger partial charge in [0.05, 0.1) is 72.0 Å². The molecule has 2 fully saturated rings. The van der Waals surface area contributed by atoms with Crippen molar-refractivity contribution in [2.24, 2.45) is 27.4 Å². The maximum absolute atomic E-state index is 12.7. The lowest BCUT2D eigenvalue weighted by Gasteiger charge is -2.38. The van der Waals surface area contributed by atoms with Gasteiger partial charge in [-0.05, 0) is 150 Å². The lowest BCUT2D eigenvalue weighted by Crippen LogP contribution is -2.51. The Morgan fingerprint density at radius 3 is 1.54 bits per heavy atom. The molecule has 0 bridgehead atoms. The summed E-state index contributed by atoms with van der Waals surface area (Å²) in [7, 11) is -4.11. The minimum Gasteiger partial charge on any atom is -0.480 e. The summed E-state index contributed by atoms with van der Waals surface area (Å²) in [6.07, 6.45) is 9.45. The van der Waals surface area contributed by atoms with Crippen LogP contribution in [-0.2, 0) is 54.0 Å². The van der Waals surface area contributed by atoms with Gasteiger partial charge in [0.15, 0.2) is 0 Å². The Hall–Kier alpha value is -5.26. The molecular formula is C62H108B3ClN12O19.